The van der Waals surface area contributed by atoms with Crippen molar-refractivity contribution in [3.8, 4) is 0 Å². The predicted octanol–water partition coefficient (Wildman–Crippen LogP) is -1.93. The van der Waals surface area contributed by atoms with Crippen molar-refractivity contribution in [2.45, 2.75) is 23.1 Å². The molecule has 0 saturated carbocycles. The van der Waals surface area contributed by atoms with E-state index in [1.807, 2.05) is 0 Å². The van der Waals surface area contributed by atoms with Crippen molar-refractivity contribution >= 4 is 20.0 Å². The Labute approximate surface area is 129 Å². The fourth-order valence-electron chi connectivity index (χ4n) is 1.48. The van der Waals surface area contributed by atoms with Crippen LogP contribution >= 0.6 is 0 Å². The fourth-order valence-corrected chi connectivity index (χ4v) is 3.40. The molecule has 0 radical (unpaired) electrons. The summed E-state index contributed by atoms with van der Waals surface area (Å²) in [6.07, 6.45) is 0.125. The topological polar surface area (TPSA) is 91.3 Å². The molecule has 0 aliphatic heterocycles. The molecule has 0 amide bonds. The molecule has 0 bridgehead atoms. The smallest absolute Gasteiger partial charge is 0.744 e. The van der Waals surface area contributed by atoms with E-state index in [0.717, 1.165) is 11.5 Å². The maximum Gasteiger partial charge on any atom is 1.00 e. The van der Waals surface area contributed by atoms with Crippen LogP contribution < -0.4 is 29.6 Å². The van der Waals surface area contributed by atoms with E-state index in [2.05, 4.69) is 6.58 Å². The van der Waals surface area contributed by atoms with Crippen LogP contribution in [0.3, 0.4) is 0 Å². The van der Waals surface area contributed by atoms with E-state index in [4.69, 9.17) is 0 Å². The number of benzene rings is 1. The minimum absolute atomic E-state index is 0. The normalized spacial score (nSPS) is 11.7. The maximum atomic E-state index is 11.6. The Balaban J connectivity index is 0.00000289. The minimum Gasteiger partial charge on any atom is -0.744 e. The Morgan fingerprint density at radius 2 is 1.72 bits per heavy atom. The number of rotatable bonds is 4. The molecule has 0 unspecified atom stereocenters. The molecule has 0 atom stereocenters. The molecule has 8 heteroatoms. The SMILES string of the molecule is C=CS(=O)(=O)c1cccc(S(=O)(=O)[O-])c1CC.[Na+]. The Morgan fingerprint density at radius 3 is 2.11 bits per heavy atom. The van der Waals surface area contributed by atoms with Crippen LogP contribution in [0.2, 0.25) is 0 Å². The molecule has 5 nitrogen and oxygen atoms in total. The second kappa shape index (κ2) is 6.31. The molecule has 0 aliphatic rings. The second-order valence-electron chi connectivity index (χ2n) is 3.25. The van der Waals surface area contributed by atoms with Crippen molar-refractivity contribution in [3.05, 3.63) is 35.7 Å². The first-order valence-electron chi connectivity index (χ1n) is 4.69. The minimum atomic E-state index is -4.69. The van der Waals surface area contributed by atoms with Gasteiger partial charge in [-0.2, -0.15) is 0 Å². The summed E-state index contributed by atoms with van der Waals surface area (Å²) in [5.74, 6) is 0. The molecule has 94 valence electrons. The molecule has 1 aromatic carbocycles. The quantitative estimate of drug-likeness (QED) is 0.477. The predicted molar refractivity (Wildman–Crippen MR) is 61.2 cm³/mol. The van der Waals surface area contributed by atoms with Crippen LogP contribution in [-0.4, -0.2) is 21.4 Å². The zero-order valence-electron chi connectivity index (χ0n) is 10.1. The van der Waals surface area contributed by atoms with Crippen LogP contribution in [0.1, 0.15) is 12.5 Å². The fraction of sp³-hybridized carbons (Fsp3) is 0.200. The van der Waals surface area contributed by atoms with Gasteiger partial charge in [0, 0.05) is 5.41 Å². The molecule has 1 aromatic rings. The zero-order chi connectivity index (χ0) is 13.3. The maximum absolute atomic E-state index is 11.6. The van der Waals surface area contributed by atoms with Gasteiger partial charge < -0.3 is 4.55 Å². The number of hydrogen-bond acceptors (Lipinski definition) is 5. The Morgan fingerprint density at radius 1 is 1.22 bits per heavy atom. The van der Waals surface area contributed by atoms with E-state index in [1.165, 1.54) is 12.1 Å². The molecule has 0 heterocycles. The summed E-state index contributed by atoms with van der Waals surface area (Å²) in [4.78, 5) is -0.685. The summed E-state index contributed by atoms with van der Waals surface area (Å²) >= 11 is 0. The summed E-state index contributed by atoms with van der Waals surface area (Å²) in [6, 6.07) is 3.58. The third-order valence-electron chi connectivity index (χ3n) is 2.24. The van der Waals surface area contributed by atoms with Gasteiger partial charge in [0.15, 0.2) is 9.84 Å². The molecule has 0 N–H and O–H groups in total. The van der Waals surface area contributed by atoms with Crippen LogP contribution in [0.25, 0.3) is 0 Å². The van der Waals surface area contributed by atoms with E-state index in [-0.39, 0.29) is 46.4 Å². The van der Waals surface area contributed by atoms with Crippen molar-refractivity contribution in [2.24, 2.45) is 0 Å². The van der Waals surface area contributed by atoms with Gasteiger partial charge >= 0.3 is 29.6 Å². The monoisotopic (exact) mass is 298 g/mol. The summed E-state index contributed by atoms with van der Waals surface area (Å²) in [5.41, 5.74) is 0.00222. The molecular formula is C10H11NaO5S2. The van der Waals surface area contributed by atoms with Crippen LogP contribution in [-0.2, 0) is 26.4 Å². The van der Waals surface area contributed by atoms with Crippen molar-refractivity contribution in [1.82, 2.24) is 0 Å². The summed E-state index contributed by atoms with van der Waals surface area (Å²) in [7, 11) is -8.45. The van der Waals surface area contributed by atoms with Crippen molar-refractivity contribution in [3.63, 3.8) is 0 Å². The van der Waals surface area contributed by atoms with E-state index < -0.39 is 24.9 Å². The van der Waals surface area contributed by atoms with Gasteiger partial charge in [-0.25, -0.2) is 16.8 Å². The van der Waals surface area contributed by atoms with Gasteiger partial charge in [0.2, 0.25) is 0 Å². The van der Waals surface area contributed by atoms with E-state index in [9.17, 15) is 21.4 Å². The molecule has 0 aromatic heterocycles. The largest absolute Gasteiger partial charge is 1.00 e. The summed E-state index contributed by atoms with van der Waals surface area (Å²) in [6.45, 7) is 4.74. The Bertz CT molecular complexity index is 647. The van der Waals surface area contributed by atoms with E-state index in [1.54, 1.807) is 6.92 Å². The van der Waals surface area contributed by atoms with Gasteiger partial charge in [-0.3, -0.25) is 0 Å². The second-order valence-corrected chi connectivity index (χ2v) is 6.46. The van der Waals surface area contributed by atoms with Gasteiger partial charge in [-0.1, -0.05) is 19.6 Å². The van der Waals surface area contributed by atoms with Crippen molar-refractivity contribution < 1.29 is 50.9 Å². The van der Waals surface area contributed by atoms with E-state index in [0.29, 0.717) is 0 Å². The average molecular weight is 298 g/mol. The first kappa shape index (κ1) is 17.8. The number of sulfone groups is 1. The van der Waals surface area contributed by atoms with Crippen molar-refractivity contribution in [1.29, 1.82) is 0 Å². The first-order chi connectivity index (χ1) is 7.74. The van der Waals surface area contributed by atoms with Gasteiger partial charge in [-0.15, -0.1) is 0 Å². The Hall–Kier alpha value is -0.180. The molecule has 0 fully saturated rings. The van der Waals surface area contributed by atoms with Gasteiger partial charge in [0.1, 0.15) is 10.1 Å². The first-order valence-corrected chi connectivity index (χ1v) is 7.64. The van der Waals surface area contributed by atoms with Gasteiger partial charge in [0.05, 0.1) is 9.79 Å². The third-order valence-corrected chi connectivity index (χ3v) is 4.59. The molecule has 1 rings (SSSR count). The van der Waals surface area contributed by atoms with E-state index >= 15 is 0 Å². The van der Waals surface area contributed by atoms with Crippen LogP contribution in [0.15, 0.2) is 40.0 Å². The molecular weight excluding hydrogens is 287 g/mol. The molecule has 18 heavy (non-hydrogen) atoms. The summed E-state index contributed by atoms with van der Waals surface area (Å²) < 4.78 is 56.3. The van der Waals surface area contributed by atoms with Crippen LogP contribution in [0.5, 0.6) is 0 Å². The number of hydrogen-bond donors (Lipinski definition) is 0. The standard InChI is InChI=1S/C10H12O5S2.Na/c1-3-8-9(16(11,12)4-2)6-5-7-10(8)17(13,14)15;/h4-7H,2-3H2,1H3,(H,13,14,15);/q;+1/p-1. The Kier molecular flexibility index (Phi) is 6.25. The molecule has 0 aliphatic carbocycles. The van der Waals surface area contributed by atoms with Crippen molar-refractivity contribution in [2.75, 3.05) is 0 Å². The molecule has 0 spiro atoms. The van der Waals surface area contributed by atoms with Gasteiger partial charge in [-0.05, 0) is 24.1 Å². The molecule has 0 saturated heterocycles. The van der Waals surface area contributed by atoms with Crippen LogP contribution in [0.4, 0.5) is 0 Å². The van der Waals surface area contributed by atoms with Gasteiger partial charge in [0.25, 0.3) is 0 Å². The summed E-state index contributed by atoms with van der Waals surface area (Å²) in [5, 5.41) is 0.725. The van der Waals surface area contributed by atoms with Crippen LogP contribution in [0, 0.1) is 0 Å². The zero-order valence-corrected chi connectivity index (χ0v) is 13.7. The third kappa shape index (κ3) is 3.66. The average Bonchev–Trinajstić information content (AvgIpc) is 2.26.